The van der Waals surface area contributed by atoms with E-state index in [-0.39, 0.29) is 5.91 Å². The Kier molecular flexibility index (Phi) is 6.95. The van der Waals surface area contributed by atoms with E-state index >= 15 is 0 Å². The van der Waals surface area contributed by atoms with Gasteiger partial charge >= 0.3 is 0 Å². The second-order valence-electron chi connectivity index (χ2n) is 7.52. The molecule has 0 aliphatic carbocycles. The van der Waals surface area contributed by atoms with Gasteiger partial charge in [0.05, 0.1) is 14.2 Å². The summed E-state index contributed by atoms with van der Waals surface area (Å²) >= 11 is 0. The number of nitrogens with zero attached hydrogens (tertiary/aromatic N) is 2. The lowest BCUT2D eigenvalue weighted by molar-refractivity contribution is 0.0681. The number of piperidine rings is 1. The number of benzene rings is 1. The molecule has 0 saturated carbocycles. The molecule has 152 valence electrons. The molecule has 0 radical (unpaired) electrons. The van der Waals surface area contributed by atoms with Gasteiger partial charge in [-0.1, -0.05) is 13.3 Å². The maximum atomic E-state index is 12.7. The first kappa shape index (κ1) is 20.2. The van der Waals surface area contributed by atoms with Crippen LogP contribution in [0.15, 0.2) is 24.3 Å². The van der Waals surface area contributed by atoms with Crippen LogP contribution in [0, 0.1) is 5.92 Å². The van der Waals surface area contributed by atoms with E-state index in [0.29, 0.717) is 11.6 Å². The summed E-state index contributed by atoms with van der Waals surface area (Å²) in [7, 11) is 3.35. The minimum Gasteiger partial charge on any atom is -0.497 e. The Hall–Kier alpha value is -2.50. The van der Waals surface area contributed by atoms with Gasteiger partial charge in [0, 0.05) is 24.8 Å². The predicted molar refractivity (Wildman–Crippen MR) is 109 cm³/mol. The van der Waals surface area contributed by atoms with E-state index in [1.807, 2.05) is 17.0 Å². The Bertz CT molecular complexity index is 757. The standard InChI is InChI=1S/C22H31N3O3/c1-4-5-18-14-21(24-23-18)22(26)25-10-8-16(9-11-25)6-7-17-12-19(27-2)15-20(13-17)28-3/h12-16H,4-11H2,1-3H3,(H,23,24). The average Bonchev–Trinajstić information content (AvgIpc) is 3.20. The van der Waals surface area contributed by atoms with E-state index in [1.165, 1.54) is 5.56 Å². The van der Waals surface area contributed by atoms with Gasteiger partial charge in [-0.05, 0) is 61.8 Å². The van der Waals surface area contributed by atoms with Crippen LogP contribution in [-0.4, -0.2) is 48.3 Å². The van der Waals surface area contributed by atoms with Crippen molar-refractivity contribution in [1.29, 1.82) is 0 Å². The van der Waals surface area contributed by atoms with Crippen molar-refractivity contribution >= 4 is 5.91 Å². The quantitative estimate of drug-likeness (QED) is 0.749. The predicted octanol–water partition coefficient (Wildman–Crippen LogP) is 3.86. The molecule has 0 unspecified atom stereocenters. The first-order chi connectivity index (χ1) is 13.6. The molecule has 1 amide bonds. The lowest BCUT2D eigenvalue weighted by Gasteiger charge is -2.31. The third-order valence-corrected chi connectivity index (χ3v) is 5.52. The van der Waals surface area contributed by atoms with E-state index in [4.69, 9.17) is 9.47 Å². The lowest BCUT2D eigenvalue weighted by atomic mass is 9.90. The van der Waals surface area contributed by atoms with Gasteiger partial charge in [0.1, 0.15) is 17.2 Å². The zero-order chi connectivity index (χ0) is 19.9. The topological polar surface area (TPSA) is 67.5 Å². The molecule has 1 saturated heterocycles. The zero-order valence-corrected chi connectivity index (χ0v) is 17.2. The molecule has 1 fully saturated rings. The van der Waals surface area contributed by atoms with Gasteiger partial charge in [-0.2, -0.15) is 5.10 Å². The smallest absolute Gasteiger partial charge is 0.274 e. The maximum Gasteiger partial charge on any atom is 0.274 e. The van der Waals surface area contributed by atoms with E-state index < -0.39 is 0 Å². The number of rotatable bonds is 8. The van der Waals surface area contributed by atoms with Crippen LogP contribution in [0.5, 0.6) is 11.5 Å². The maximum absolute atomic E-state index is 12.7. The number of amides is 1. The fraction of sp³-hybridized carbons (Fsp3) is 0.545. The summed E-state index contributed by atoms with van der Waals surface area (Å²) in [6.45, 7) is 3.73. The molecular weight excluding hydrogens is 354 g/mol. The second-order valence-corrected chi connectivity index (χ2v) is 7.52. The fourth-order valence-corrected chi connectivity index (χ4v) is 3.84. The van der Waals surface area contributed by atoms with Crippen LogP contribution in [0.1, 0.15) is 54.4 Å². The third kappa shape index (κ3) is 5.06. The van der Waals surface area contributed by atoms with Crippen molar-refractivity contribution in [1.82, 2.24) is 15.1 Å². The number of aryl methyl sites for hydroxylation is 2. The summed E-state index contributed by atoms with van der Waals surface area (Å²) < 4.78 is 10.7. The first-order valence-corrected chi connectivity index (χ1v) is 10.2. The average molecular weight is 386 g/mol. The highest BCUT2D eigenvalue weighted by Crippen LogP contribution is 2.27. The number of methoxy groups -OCH3 is 2. The highest BCUT2D eigenvalue weighted by atomic mass is 16.5. The number of H-pyrrole nitrogens is 1. The number of likely N-dealkylation sites (tertiary alicyclic amines) is 1. The van der Waals surface area contributed by atoms with Crippen molar-refractivity contribution in [2.75, 3.05) is 27.3 Å². The molecule has 2 aromatic rings. The highest BCUT2D eigenvalue weighted by molar-refractivity contribution is 5.92. The summed E-state index contributed by atoms with van der Waals surface area (Å²) in [6.07, 6.45) is 6.16. The van der Waals surface area contributed by atoms with Crippen LogP contribution in [-0.2, 0) is 12.8 Å². The first-order valence-electron chi connectivity index (χ1n) is 10.2. The Morgan fingerprint density at radius 3 is 2.39 bits per heavy atom. The van der Waals surface area contributed by atoms with Crippen molar-refractivity contribution in [2.24, 2.45) is 5.92 Å². The minimum atomic E-state index is 0.0505. The summed E-state index contributed by atoms with van der Waals surface area (Å²) in [6, 6.07) is 7.95. The Morgan fingerprint density at radius 1 is 1.11 bits per heavy atom. The van der Waals surface area contributed by atoms with Crippen LogP contribution in [0.25, 0.3) is 0 Å². The molecule has 0 bridgehead atoms. The van der Waals surface area contributed by atoms with E-state index in [9.17, 15) is 4.79 Å². The molecule has 0 spiro atoms. The van der Waals surface area contributed by atoms with Crippen molar-refractivity contribution in [3.63, 3.8) is 0 Å². The number of carbonyl (C=O) groups excluding carboxylic acids is 1. The lowest BCUT2D eigenvalue weighted by Crippen LogP contribution is -2.38. The van der Waals surface area contributed by atoms with Gasteiger partial charge in [0.2, 0.25) is 0 Å². The van der Waals surface area contributed by atoms with E-state index in [1.54, 1.807) is 14.2 Å². The van der Waals surface area contributed by atoms with E-state index in [2.05, 4.69) is 29.3 Å². The molecule has 3 rings (SSSR count). The number of hydrogen-bond acceptors (Lipinski definition) is 4. The number of aromatic nitrogens is 2. The van der Waals surface area contributed by atoms with Gasteiger partial charge in [-0.25, -0.2) is 0 Å². The van der Waals surface area contributed by atoms with Crippen LogP contribution in [0.3, 0.4) is 0 Å². The molecule has 6 nitrogen and oxygen atoms in total. The summed E-state index contributed by atoms with van der Waals surface area (Å²) in [5, 5.41) is 7.17. The monoisotopic (exact) mass is 385 g/mol. The molecule has 1 aliphatic heterocycles. The Labute approximate surface area is 167 Å². The highest BCUT2D eigenvalue weighted by Gasteiger charge is 2.25. The fourth-order valence-electron chi connectivity index (χ4n) is 3.84. The molecule has 6 heteroatoms. The number of carbonyl (C=O) groups is 1. The van der Waals surface area contributed by atoms with Gasteiger partial charge in [0.15, 0.2) is 0 Å². The molecule has 0 atom stereocenters. The molecule has 1 aliphatic rings. The van der Waals surface area contributed by atoms with Crippen LogP contribution in [0.4, 0.5) is 0 Å². The van der Waals surface area contributed by atoms with Crippen molar-refractivity contribution in [2.45, 2.75) is 45.4 Å². The van der Waals surface area contributed by atoms with Crippen molar-refractivity contribution < 1.29 is 14.3 Å². The molecule has 1 aromatic carbocycles. The van der Waals surface area contributed by atoms with Gasteiger partial charge in [0.25, 0.3) is 5.91 Å². The number of nitrogens with one attached hydrogen (secondary N) is 1. The second kappa shape index (κ2) is 9.62. The Morgan fingerprint density at radius 2 is 1.79 bits per heavy atom. The normalized spacial score (nSPS) is 14.9. The summed E-state index contributed by atoms with van der Waals surface area (Å²) in [5.74, 6) is 2.35. The van der Waals surface area contributed by atoms with Crippen LogP contribution in [0.2, 0.25) is 0 Å². The molecule has 2 heterocycles. The Balaban J connectivity index is 1.49. The largest absolute Gasteiger partial charge is 0.497 e. The number of ether oxygens (including phenoxy) is 2. The van der Waals surface area contributed by atoms with E-state index in [0.717, 1.165) is 68.8 Å². The van der Waals surface area contributed by atoms with Crippen molar-refractivity contribution in [3.8, 4) is 11.5 Å². The SMILES string of the molecule is CCCc1cc(C(=O)N2CCC(CCc3cc(OC)cc(OC)c3)CC2)n[nH]1. The molecule has 1 N–H and O–H groups in total. The van der Waals surface area contributed by atoms with Crippen LogP contribution >= 0.6 is 0 Å². The van der Waals surface area contributed by atoms with Gasteiger partial charge in [-0.15, -0.1) is 0 Å². The van der Waals surface area contributed by atoms with Crippen LogP contribution < -0.4 is 9.47 Å². The minimum absolute atomic E-state index is 0.0505. The van der Waals surface area contributed by atoms with Crippen molar-refractivity contribution in [3.05, 3.63) is 41.2 Å². The third-order valence-electron chi connectivity index (χ3n) is 5.52. The van der Waals surface area contributed by atoms with Gasteiger partial charge < -0.3 is 14.4 Å². The summed E-state index contributed by atoms with van der Waals surface area (Å²) in [5.41, 5.74) is 2.81. The van der Waals surface area contributed by atoms with Gasteiger partial charge in [-0.3, -0.25) is 9.89 Å². The molecule has 1 aromatic heterocycles. The molecular formula is C22H31N3O3. The molecule has 28 heavy (non-hydrogen) atoms. The number of hydrogen-bond donors (Lipinski definition) is 1. The zero-order valence-electron chi connectivity index (χ0n) is 17.2. The summed E-state index contributed by atoms with van der Waals surface area (Å²) in [4.78, 5) is 14.6. The number of aromatic amines is 1.